The number of hydrogen-bond acceptors (Lipinski definition) is 4. The molecule has 2 aromatic rings. The maximum Gasteiger partial charge on any atom is 0.254 e. The molecule has 2 aliphatic rings. The maximum atomic E-state index is 13.3. The van der Waals surface area contributed by atoms with Gasteiger partial charge in [0, 0.05) is 35.0 Å². The Bertz CT molecular complexity index is 823. The molecule has 1 amide bonds. The van der Waals surface area contributed by atoms with Crippen LogP contribution in [0, 0.1) is 0 Å². The van der Waals surface area contributed by atoms with Crippen molar-refractivity contribution in [3.8, 4) is 0 Å². The maximum absolute atomic E-state index is 13.3. The highest BCUT2D eigenvalue weighted by atomic mass is 16.3. The number of rotatable bonds is 6. The van der Waals surface area contributed by atoms with E-state index in [0.717, 1.165) is 49.8 Å². The highest BCUT2D eigenvalue weighted by Gasteiger charge is 2.43. The van der Waals surface area contributed by atoms with Gasteiger partial charge in [0.25, 0.3) is 5.91 Å². The van der Waals surface area contributed by atoms with Crippen molar-refractivity contribution >= 4 is 5.91 Å². The number of benzene rings is 1. The molecule has 2 fully saturated rings. The van der Waals surface area contributed by atoms with Gasteiger partial charge >= 0.3 is 0 Å². The Morgan fingerprint density at radius 2 is 1.76 bits per heavy atom. The first-order valence-electron chi connectivity index (χ1n) is 10.7. The number of amides is 1. The van der Waals surface area contributed by atoms with Crippen molar-refractivity contribution in [3.63, 3.8) is 0 Å². The average Bonchev–Trinajstić information content (AvgIpc) is 3.60. The van der Waals surface area contributed by atoms with Gasteiger partial charge in [-0.25, -0.2) is 0 Å². The number of hydrogen-bond donors (Lipinski definition) is 2. The Morgan fingerprint density at radius 1 is 1.10 bits per heavy atom. The lowest BCUT2D eigenvalue weighted by atomic mass is 9.70. The molecule has 1 heterocycles. The predicted octanol–water partition coefficient (Wildman–Crippen LogP) is 3.61. The van der Waals surface area contributed by atoms with Gasteiger partial charge in [0.05, 0.1) is 12.7 Å². The fourth-order valence-corrected chi connectivity index (χ4v) is 4.64. The lowest BCUT2D eigenvalue weighted by Gasteiger charge is -2.42. The third kappa shape index (κ3) is 4.07. The molecule has 1 aromatic carbocycles. The van der Waals surface area contributed by atoms with Gasteiger partial charge in [-0.3, -0.25) is 9.78 Å². The van der Waals surface area contributed by atoms with Crippen LogP contribution in [0.4, 0.5) is 0 Å². The summed E-state index contributed by atoms with van der Waals surface area (Å²) in [5.41, 5.74) is 2.17. The minimum absolute atomic E-state index is 0.0870. The normalized spacial score (nSPS) is 25.4. The molecule has 0 unspecified atom stereocenters. The molecule has 29 heavy (non-hydrogen) atoms. The van der Waals surface area contributed by atoms with Gasteiger partial charge in [-0.2, -0.15) is 0 Å². The van der Waals surface area contributed by atoms with Gasteiger partial charge in [-0.15, -0.1) is 0 Å². The highest BCUT2D eigenvalue weighted by molar-refractivity contribution is 5.95. The first-order valence-corrected chi connectivity index (χ1v) is 10.7. The second-order valence-electron chi connectivity index (χ2n) is 8.63. The van der Waals surface area contributed by atoms with E-state index in [0.29, 0.717) is 11.6 Å². The van der Waals surface area contributed by atoms with Crippen molar-refractivity contribution in [3.05, 3.63) is 65.5 Å². The molecule has 4 rings (SSSR count). The Labute approximate surface area is 172 Å². The molecular formula is C24H30N2O3. The van der Waals surface area contributed by atoms with Crippen molar-refractivity contribution in [2.45, 2.75) is 69.1 Å². The summed E-state index contributed by atoms with van der Waals surface area (Å²) >= 11 is 0. The molecule has 2 N–H and O–H groups in total. The van der Waals surface area contributed by atoms with Crippen LogP contribution in [0.25, 0.3) is 0 Å². The van der Waals surface area contributed by atoms with Crippen LogP contribution in [0.5, 0.6) is 0 Å². The fraction of sp³-hybridized carbons (Fsp3) is 0.500. The van der Waals surface area contributed by atoms with Crippen LogP contribution in [-0.2, 0) is 5.41 Å². The molecule has 154 valence electrons. The van der Waals surface area contributed by atoms with Crippen LogP contribution in [0.1, 0.15) is 73.2 Å². The second-order valence-corrected chi connectivity index (χ2v) is 8.63. The number of aromatic nitrogens is 1. The number of carbonyl (C=O) groups excluding carboxylic acids is 1. The molecule has 1 atom stereocenters. The summed E-state index contributed by atoms with van der Waals surface area (Å²) in [5.74, 6) is 0.0870. The minimum Gasteiger partial charge on any atom is -0.395 e. The smallest absolute Gasteiger partial charge is 0.254 e. The van der Waals surface area contributed by atoms with E-state index in [2.05, 4.69) is 9.88 Å². The van der Waals surface area contributed by atoms with E-state index in [1.54, 1.807) is 13.1 Å². The molecule has 0 radical (unpaired) electrons. The lowest BCUT2D eigenvalue weighted by molar-refractivity contribution is 0.0514. The molecule has 0 bridgehead atoms. The standard InChI is InChI=1S/C24H30N2O3/c1-17(28)18-5-7-19(8-6-18)23(29)26(20-9-10-20)21-11-13-24(16-27,14-12-21)22-4-2-3-15-25-22/h2-8,15,17,20-21,27-28H,9-14,16H2,1H3/t17-,21?,24?/m0/s1. The third-order valence-electron chi connectivity index (χ3n) is 6.63. The Balaban J connectivity index is 1.50. The van der Waals surface area contributed by atoms with E-state index in [4.69, 9.17) is 0 Å². The van der Waals surface area contributed by atoms with Gasteiger partial charge in [0.2, 0.25) is 0 Å². The van der Waals surface area contributed by atoms with Crippen molar-refractivity contribution in [2.75, 3.05) is 6.61 Å². The number of nitrogens with zero attached hydrogens (tertiary/aromatic N) is 2. The summed E-state index contributed by atoms with van der Waals surface area (Å²) < 4.78 is 0. The zero-order chi connectivity index (χ0) is 20.4. The summed E-state index contributed by atoms with van der Waals surface area (Å²) in [6, 6.07) is 13.7. The largest absolute Gasteiger partial charge is 0.395 e. The van der Waals surface area contributed by atoms with Crippen molar-refractivity contribution in [1.82, 2.24) is 9.88 Å². The van der Waals surface area contributed by atoms with Crippen molar-refractivity contribution in [2.24, 2.45) is 0 Å². The summed E-state index contributed by atoms with van der Waals surface area (Å²) in [6.45, 7) is 1.82. The van der Waals surface area contributed by atoms with Crippen LogP contribution >= 0.6 is 0 Å². The molecule has 0 saturated heterocycles. The molecule has 1 aromatic heterocycles. The van der Waals surface area contributed by atoms with Crippen LogP contribution in [0.3, 0.4) is 0 Å². The highest BCUT2D eigenvalue weighted by Crippen LogP contribution is 2.42. The molecule has 2 saturated carbocycles. The monoisotopic (exact) mass is 394 g/mol. The molecule has 5 nitrogen and oxygen atoms in total. The Morgan fingerprint density at radius 3 is 2.28 bits per heavy atom. The zero-order valence-corrected chi connectivity index (χ0v) is 17.0. The second kappa shape index (κ2) is 8.25. The quantitative estimate of drug-likeness (QED) is 0.785. The van der Waals surface area contributed by atoms with E-state index in [1.807, 2.05) is 42.5 Å². The topological polar surface area (TPSA) is 73.7 Å². The molecule has 0 aliphatic heterocycles. The van der Waals surface area contributed by atoms with Gasteiger partial charge < -0.3 is 15.1 Å². The van der Waals surface area contributed by atoms with E-state index < -0.39 is 6.10 Å². The van der Waals surface area contributed by atoms with E-state index in [9.17, 15) is 15.0 Å². The minimum atomic E-state index is -0.532. The average molecular weight is 395 g/mol. The Kier molecular flexibility index (Phi) is 5.70. The van der Waals surface area contributed by atoms with E-state index >= 15 is 0 Å². The number of aliphatic hydroxyl groups excluding tert-OH is 2. The molecule has 5 heteroatoms. The van der Waals surface area contributed by atoms with Crippen molar-refractivity contribution in [1.29, 1.82) is 0 Å². The molecule has 2 aliphatic carbocycles. The van der Waals surface area contributed by atoms with Crippen molar-refractivity contribution < 1.29 is 15.0 Å². The van der Waals surface area contributed by atoms with Gasteiger partial charge in [0.15, 0.2) is 0 Å². The summed E-state index contributed by atoms with van der Waals surface area (Å²) in [7, 11) is 0. The molecule has 0 spiro atoms. The van der Waals surface area contributed by atoms with Crippen LogP contribution in [0.15, 0.2) is 48.7 Å². The van der Waals surface area contributed by atoms with Crippen LogP contribution in [0.2, 0.25) is 0 Å². The molecular weight excluding hydrogens is 364 g/mol. The lowest BCUT2D eigenvalue weighted by Crippen LogP contribution is -2.47. The van der Waals surface area contributed by atoms with Gasteiger partial charge in [-0.1, -0.05) is 18.2 Å². The van der Waals surface area contributed by atoms with Crippen LogP contribution in [-0.4, -0.2) is 44.7 Å². The fourth-order valence-electron chi connectivity index (χ4n) is 4.64. The number of carbonyl (C=O) groups is 1. The third-order valence-corrected chi connectivity index (χ3v) is 6.63. The summed E-state index contributed by atoms with van der Waals surface area (Å²) in [5, 5.41) is 19.9. The number of aliphatic hydroxyl groups is 2. The predicted molar refractivity (Wildman–Crippen MR) is 112 cm³/mol. The summed E-state index contributed by atoms with van der Waals surface area (Å²) in [4.78, 5) is 19.9. The van der Waals surface area contributed by atoms with Gasteiger partial charge in [0.1, 0.15) is 0 Å². The number of pyridine rings is 1. The Hall–Kier alpha value is -2.24. The van der Waals surface area contributed by atoms with E-state index in [-0.39, 0.29) is 24.0 Å². The first-order chi connectivity index (χ1) is 14.0. The summed E-state index contributed by atoms with van der Waals surface area (Å²) in [6.07, 6.45) is 6.83. The van der Waals surface area contributed by atoms with E-state index in [1.165, 1.54) is 0 Å². The van der Waals surface area contributed by atoms with Crippen LogP contribution < -0.4 is 0 Å². The SMILES string of the molecule is C[C@H](O)c1ccc(C(=O)N(C2CC2)C2CCC(CO)(c3ccccn3)CC2)cc1. The van der Waals surface area contributed by atoms with Gasteiger partial charge in [-0.05, 0) is 75.3 Å². The first kappa shape index (κ1) is 20.0. The zero-order valence-electron chi connectivity index (χ0n) is 17.0.